The minimum Gasteiger partial charge on any atom is -0.351 e. The second kappa shape index (κ2) is 6.24. The predicted octanol–water partition coefficient (Wildman–Crippen LogP) is 1.20. The van der Waals surface area contributed by atoms with Gasteiger partial charge in [-0.05, 0) is 24.7 Å². The molecule has 8 heteroatoms. The van der Waals surface area contributed by atoms with Crippen molar-refractivity contribution in [2.75, 3.05) is 26.2 Å². The molecule has 23 heavy (non-hydrogen) atoms. The smallest absolute Gasteiger partial charge is 0.292 e. The van der Waals surface area contributed by atoms with Gasteiger partial charge in [0.15, 0.2) is 0 Å². The van der Waals surface area contributed by atoms with Gasteiger partial charge in [-0.3, -0.25) is 4.79 Å². The van der Waals surface area contributed by atoms with Crippen LogP contribution in [-0.4, -0.2) is 60.1 Å². The number of hydrogen-bond acceptors (Lipinski definition) is 5. The van der Waals surface area contributed by atoms with Crippen molar-refractivity contribution in [1.82, 2.24) is 14.4 Å². The summed E-state index contributed by atoms with van der Waals surface area (Å²) in [7, 11) is -3.25. The van der Waals surface area contributed by atoms with Crippen LogP contribution in [0.3, 0.4) is 0 Å². The highest BCUT2D eigenvalue weighted by atomic mass is 32.2. The van der Waals surface area contributed by atoms with E-state index in [-0.39, 0.29) is 22.8 Å². The Balaban J connectivity index is 1.71. The zero-order valence-electron chi connectivity index (χ0n) is 13.5. The van der Waals surface area contributed by atoms with Gasteiger partial charge in [-0.2, -0.15) is 0 Å². The van der Waals surface area contributed by atoms with E-state index in [0.29, 0.717) is 44.9 Å². The molecule has 2 aliphatic rings. The minimum absolute atomic E-state index is 0.103. The van der Waals surface area contributed by atoms with Gasteiger partial charge in [0.25, 0.3) is 5.91 Å². The normalized spacial score (nSPS) is 27.9. The van der Waals surface area contributed by atoms with Crippen molar-refractivity contribution in [2.24, 2.45) is 11.8 Å². The lowest BCUT2D eigenvalue weighted by atomic mass is 10.0. The van der Waals surface area contributed by atoms with Crippen molar-refractivity contribution in [3.63, 3.8) is 0 Å². The number of aromatic nitrogens is 1. The van der Waals surface area contributed by atoms with Gasteiger partial charge in [0.05, 0.1) is 11.4 Å². The number of likely N-dealkylation sites (tertiary alicyclic amines) is 1. The van der Waals surface area contributed by atoms with E-state index in [0.717, 1.165) is 0 Å². The summed E-state index contributed by atoms with van der Waals surface area (Å²) in [6, 6.07) is 1.54. The Bertz CT molecular complexity index is 656. The van der Waals surface area contributed by atoms with Crippen LogP contribution < -0.4 is 0 Å². The Morgan fingerprint density at radius 3 is 2.78 bits per heavy atom. The fourth-order valence-electron chi connectivity index (χ4n) is 3.57. The molecule has 0 unspecified atom stereocenters. The maximum absolute atomic E-state index is 12.7. The molecule has 0 aromatic carbocycles. The lowest BCUT2D eigenvalue weighted by Gasteiger charge is -2.21. The Kier molecular flexibility index (Phi) is 4.46. The Morgan fingerprint density at radius 2 is 2.13 bits per heavy atom. The molecule has 2 atom stereocenters. The van der Waals surface area contributed by atoms with Gasteiger partial charge in [-0.15, -0.1) is 0 Å². The first kappa shape index (κ1) is 16.4. The summed E-state index contributed by atoms with van der Waals surface area (Å²) in [6.45, 7) is 6.22. The molecule has 2 saturated heterocycles. The van der Waals surface area contributed by atoms with Gasteiger partial charge in [0.1, 0.15) is 0 Å². The van der Waals surface area contributed by atoms with Crippen molar-refractivity contribution in [3.8, 4) is 0 Å². The summed E-state index contributed by atoms with van der Waals surface area (Å²) in [5.74, 6) is 0.420. The molecule has 0 saturated carbocycles. The third kappa shape index (κ3) is 3.14. The molecule has 0 radical (unpaired) electrons. The van der Waals surface area contributed by atoms with Crippen LogP contribution in [0.2, 0.25) is 0 Å². The summed E-state index contributed by atoms with van der Waals surface area (Å²) in [4.78, 5) is 14.0. The van der Waals surface area contributed by atoms with Crippen molar-refractivity contribution in [1.29, 1.82) is 0 Å². The molecule has 3 rings (SSSR count). The topological polar surface area (TPSA) is 83.7 Å². The third-order valence-electron chi connectivity index (χ3n) is 4.66. The van der Waals surface area contributed by atoms with Gasteiger partial charge in [0.2, 0.25) is 15.8 Å². The van der Waals surface area contributed by atoms with E-state index >= 15 is 0 Å². The number of carbonyl (C=O) groups is 1. The van der Waals surface area contributed by atoms with Crippen LogP contribution in [0.1, 0.15) is 37.2 Å². The summed E-state index contributed by atoms with van der Waals surface area (Å²) >= 11 is 0. The second-order valence-corrected chi connectivity index (χ2v) is 8.95. The standard InChI is InChI=1S/C15H23N3O4S/c1-11(2)9-18-10-12-4-7-17(8-5-14(12)23(18,20)21)15(19)13-3-6-16-22-13/h3,6,11-12,14H,4-5,7-10H2,1-2H3/t12-,14-/m1/s1. The van der Waals surface area contributed by atoms with Gasteiger partial charge >= 0.3 is 0 Å². The molecule has 2 aliphatic heterocycles. The summed E-state index contributed by atoms with van der Waals surface area (Å²) < 4.78 is 32.0. The number of sulfonamides is 1. The molecule has 3 heterocycles. The average Bonchev–Trinajstić information content (AvgIpc) is 3.01. The summed E-state index contributed by atoms with van der Waals surface area (Å²) in [5, 5.41) is 3.19. The number of fused-ring (bicyclic) bond motifs is 1. The van der Waals surface area contributed by atoms with E-state index in [9.17, 15) is 13.2 Å². The van der Waals surface area contributed by atoms with Crippen molar-refractivity contribution in [3.05, 3.63) is 18.0 Å². The molecular formula is C15H23N3O4S. The third-order valence-corrected chi connectivity index (χ3v) is 7.07. The van der Waals surface area contributed by atoms with Gasteiger partial charge < -0.3 is 9.42 Å². The molecule has 1 aromatic rings. The van der Waals surface area contributed by atoms with E-state index in [2.05, 4.69) is 5.16 Å². The molecule has 1 amide bonds. The van der Waals surface area contributed by atoms with Crippen molar-refractivity contribution < 1.29 is 17.7 Å². The summed E-state index contributed by atoms with van der Waals surface area (Å²) in [6.07, 6.45) is 2.63. The summed E-state index contributed by atoms with van der Waals surface area (Å²) in [5.41, 5.74) is 0. The molecule has 1 aromatic heterocycles. The highest BCUT2D eigenvalue weighted by molar-refractivity contribution is 7.90. The molecular weight excluding hydrogens is 318 g/mol. The van der Waals surface area contributed by atoms with E-state index in [1.54, 1.807) is 9.21 Å². The molecule has 2 fully saturated rings. The Hall–Kier alpha value is -1.41. The quantitative estimate of drug-likeness (QED) is 0.825. The Morgan fingerprint density at radius 1 is 1.39 bits per heavy atom. The predicted molar refractivity (Wildman–Crippen MR) is 84.2 cm³/mol. The average molecular weight is 341 g/mol. The number of amides is 1. The molecule has 7 nitrogen and oxygen atoms in total. The van der Waals surface area contributed by atoms with Gasteiger partial charge in [-0.1, -0.05) is 19.0 Å². The molecule has 0 N–H and O–H groups in total. The first-order valence-corrected chi connectivity index (χ1v) is 9.59. The number of hydrogen-bond donors (Lipinski definition) is 0. The fourth-order valence-corrected chi connectivity index (χ4v) is 5.97. The molecule has 0 bridgehead atoms. The van der Waals surface area contributed by atoms with E-state index in [1.807, 2.05) is 13.8 Å². The second-order valence-electron chi connectivity index (χ2n) is 6.80. The first-order chi connectivity index (χ1) is 10.9. The first-order valence-electron chi connectivity index (χ1n) is 8.08. The van der Waals surface area contributed by atoms with E-state index in [1.165, 1.54) is 12.3 Å². The van der Waals surface area contributed by atoms with Gasteiger partial charge in [0, 0.05) is 32.2 Å². The highest BCUT2D eigenvalue weighted by Gasteiger charge is 2.47. The van der Waals surface area contributed by atoms with Crippen LogP contribution in [0.4, 0.5) is 0 Å². The van der Waals surface area contributed by atoms with Crippen LogP contribution in [0, 0.1) is 11.8 Å². The highest BCUT2D eigenvalue weighted by Crippen LogP contribution is 2.34. The monoisotopic (exact) mass is 341 g/mol. The molecule has 0 aliphatic carbocycles. The maximum Gasteiger partial charge on any atom is 0.292 e. The van der Waals surface area contributed by atoms with Crippen LogP contribution in [0.15, 0.2) is 16.8 Å². The van der Waals surface area contributed by atoms with E-state index < -0.39 is 10.0 Å². The van der Waals surface area contributed by atoms with E-state index in [4.69, 9.17) is 4.52 Å². The van der Waals surface area contributed by atoms with Crippen LogP contribution in [0.25, 0.3) is 0 Å². The fraction of sp³-hybridized carbons (Fsp3) is 0.733. The SMILES string of the molecule is CC(C)CN1C[C@H]2CCN(C(=O)c3ccno3)CC[C@H]2S1(=O)=O. The number of carbonyl (C=O) groups excluding carboxylic acids is 1. The number of rotatable bonds is 3. The minimum atomic E-state index is -3.25. The van der Waals surface area contributed by atoms with Crippen LogP contribution >= 0.6 is 0 Å². The zero-order chi connectivity index (χ0) is 16.6. The van der Waals surface area contributed by atoms with Gasteiger partial charge in [-0.25, -0.2) is 12.7 Å². The van der Waals surface area contributed by atoms with Crippen molar-refractivity contribution in [2.45, 2.75) is 31.9 Å². The largest absolute Gasteiger partial charge is 0.351 e. The lowest BCUT2D eigenvalue weighted by molar-refractivity contribution is 0.0717. The van der Waals surface area contributed by atoms with Crippen LogP contribution in [0.5, 0.6) is 0 Å². The zero-order valence-corrected chi connectivity index (χ0v) is 14.3. The maximum atomic E-state index is 12.7. The number of nitrogens with zero attached hydrogens (tertiary/aromatic N) is 3. The lowest BCUT2D eigenvalue weighted by Crippen LogP contribution is -2.35. The Labute approximate surface area is 136 Å². The van der Waals surface area contributed by atoms with Crippen LogP contribution in [-0.2, 0) is 10.0 Å². The molecule has 0 spiro atoms. The molecule has 128 valence electrons. The van der Waals surface area contributed by atoms with Crippen molar-refractivity contribution >= 4 is 15.9 Å².